The van der Waals surface area contributed by atoms with Gasteiger partial charge in [-0.3, -0.25) is 19.3 Å². The number of aliphatic carboxylic acids is 1. The van der Waals surface area contributed by atoms with Gasteiger partial charge >= 0.3 is 12.1 Å². The van der Waals surface area contributed by atoms with E-state index in [4.69, 9.17) is 10.1 Å². The predicted octanol–water partition coefficient (Wildman–Crippen LogP) is 1.99. The van der Waals surface area contributed by atoms with Crippen LogP contribution >= 0.6 is 0 Å². The molecule has 250 valence electrons. The molecule has 2 aromatic rings. The van der Waals surface area contributed by atoms with Crippen molar-refractivity contribution in [3.8, 4) is 0 Å². The number of likely N-dealkylation sites (N-methyl/N-ethyl adjacent to an activating group) is 1. The highest BCUT2D eigenvalue weighted by Crippen LogP contribution is 2.28. The number of fused-ring (bicyclic) bond motifs is 1. The molecule has 4 rings (SSSR count). The highest BCUT2D eigenvalue weighted by atomic mass is 32.2. The van der Waals surface area contributed by atoms with Gasteiger partial charge in [0.05, 0.1) is 18.0 Å². The van der Waals surface area contributed by atoms with Crippen LogP contribution in [0, 0.1) is 5.41 Å². The molecule has 2 fully saturated rings. The van der Waals surface area contributed by atoms with Crippen LogP contribution in [0.1, 0.15) is 46.0 Å². The first-order valence-corrected chi connectivity index (χ1v) is 16.7. The van der Waals surface area contributed by atoms with E-state index in [0.717, 1.165) is 22.9 Å². The molecule has 0 unspecified atom stereocenters. The fourth-order valence-electron chi connectivity index (χ4n) is 5.38. The summed E-state index contributed by atoms with van der Waals surface area (Å²) in [6.07, 6.45) is 2.39. The predicted molar refractivity (Wildman–Crippen MR) is 170 cm³/mol. The van der Waals surface area contributed by atoms with Crippen molar-refractivity contribution in [3.05, 3.63) is 42.5 Å². The van der Waals surface area contributed by atoms with Gasteiger partial charge in [0, 0.05) is 31.9 Å². The quantitative estimate of drug-likeness (QED) is 0.220. The van der Waals surface area contributed by atoms with Gasteiger partial charge in [-0.25, -0.2) is 13.2 Å². The van der Waals surface area contributed by atoms with E-state index in [9.17, 15) is 32.7 Å². The van der Waals surface area contributed by atoms with Crippen LogP contribution in [0.5, 0.6) is 0 Å². The maximum atomic E-state index is 13.7. The van der Waals surface area contributed by atoms with Crippen molar-refractivity contribution in [1.82, 2.24) is 24.7 Å². The lowest BCUT2D eigenvalue weighted by Crippen LogP contribution is -2.55. The Hall–Kier alpha value is -4.08. The number of alkyl carbamates (subject to hydrolysis) is 1. The molecule has 0 aromatic heterocycles. The third kappa shape index (κ3) is 9.23. The van der Waals surface area contributed by atoms with Crippen LogP contribution in [0.25, 0.3) is 10.8 Å². The summed E-state index contributed by atoms with van der Waals surface area (Å²) in [5.41, 5.74) is -1.05. The van der Waals surface area contributed by atoms with E-state index in [1.54, 1.807) is 39.1 Å². The van der Waals surface area contributed by atoms with E-state index in [1.165, 1.54) is 17.0 Å². The summed E-state index contributed by atoms with van der Waals surface area (Å²) in [5, 5.41) is 21.0. The van der Waals surface area contributed by atoms with Crippen molar-refractivity contribution in [2.24, 2.45) is 0 Å². The molecule has 15 heteroatoms. The smallest absolute Gasteiger partial charge is 0.409 e. The van der Waals surface area contributed by atoms with Crippen LogP contribution < -0.4 is 10.0 Å². The van der Waals surface area contributed by atoms with Crippen molar-refractivity contribution in [2.75, 3.05) is 33.4 Å². The minimum atomic E-state index is -4.29. The highest BCUT2D eigenvalue weighted by molar-refractivity contribution is 7.89. The Bertz CT molecular complexity index is 1580. The Morgan fingerprint density at radius 1 is 1.11 bits per heavy atom. The Labute approximate surface area is 268 Å². The number of likely N-dealkylation sites (tertiary alicyclic amines) is 1. The lowest BCUT2D eigenvalue weighted by atomic mass is 10.0. The third-order valence-corrected chi connectivity index (χ3v) is 9.62. The average Bonchev–Trinajstić information content (AvgIpc) is 3.86. The summed E-state index contributed by atoms with van der Waals surface area (Å²) in [6, 6.07) is 9.61. The van der Waals surface area contributed by atoms with Crippen LogP contribution in [0.2, 0.25) is 0 Å². The summed E-state index contributed by atoms with van der Waals surface area (Å²) in [7, 11) is -2.71. The highest BCUT2D eigenvalue weighted by Gasteiger charge is 2.40. The zero-order valence-corrected chi connectivity index (χ0v) is 27.1. The van der Waals surface area contributed by atoms with Crippen molar-refractivity contribution in [1.29, 1.82) is 5.41 Å². The number of carbonyl (C=O) groups is 4. The lowest BCUT2D eigenvalue weighted by Gasteiger charge is -2.38. The first kappa shape index (κ1) is 34.8. The van der Waals surface area contributed by atoms with E-state index < -0.39 is 58.5 Å². The number of rotatable bonds is 14. The van der Waals surface area contributed by atoms with Gasteiger partial charge in [0.25, 0.3) is 0 Å². The summed E-state index contributed by atoms with van der Waals surface area (Å²) < 4.78 is 34.7. The standard InChI is InChI=1S/C31H42N6O8S/c1-31(2,19-32)45-30(42)33-20-36-14-6-9-24(17-36)35(3)27(38)16-26(29(41)37(18-28(39)40)23-11-12-23)34-46(43,44)25-13-10-21-7-4-5-8-22(21)15-25/h4-5,7-8,10,13,15,19,23-24,26,32,34H,6,9,11-12,14,16-18,20H2,1-3H3,(H,33,42)(H,39,40)/t24-,26-/m0/s1. The number of piperidine rings is 1. The molecule has 1 saturated carbocycles. The second-order valence-electron chi connectivity index (χ2n) is 12.3. The van der Waals surface area contributed by atoms with Gasteiger partial charge < -0.3 is 30.4 Å². The Morgan fingerprint density at radius 2 is 1.80 bits per heavy atom. The number of ether oxygens (including phenoxy) is 1. The maximum Gasteiger partial charge on any atom is 0.409 e. The summed E-state index contributed by atoms with van der Waals surface area (Å²) in [5.74, 6) is -2.49. The fraction of sp³-hybridized carbons (Fsp3) is 0.516. The minimum Gasteiger partial charge on any atom is -0.480 e. The number of hydrogen-bond donors (Lipinski definition) is 4. The maximum absolute atomic E-state index is 13.7. The van der Waals surface area contributed by atoms with Gasteiger partial charge in [0.1, 0.15) is 18.2 Å². The number of hydrogen-bond acceptors (Lipinski definition) is 9. The molecule has 1 aliphatic heterocycles. The van der Waals surface area contributed by atoms with Gasteiger partial charge in [-0.15, -0.1) is 0 Å². The number of carboxylic acid groups (broad SMARTS) is 1. The summed E-state index contributed by atoms with van der Waals surface area (Å²) >= 11 is 0. The number of carboxylic acids is 1. The van der Waals surface area contributed by atoms with Crippen LogP contribution in [0.4, 0.5) is 4.79 Å². The number of carbonyl (C=O) groups excluding carboxylic acids is 3. The molecule has 2 aromatic carbocycles. The van der Waals surface area contributed by atoms with E-state index in [-0.39, 0.29) is 23.6 Å². The second kappa shape index (κ2) is 14.6. The third-order valence-electron chi connectivity index (χ3n) is 8.15. The molecule has 0 bridgehead atoms. The van der Waals surface area contributed by atoms with Gasteiger partial charge in [-0.2, -0.15) is 4.72 Å². The van der Waals surface area contributed by atoms with Gasteiger partial charge in [0.2, 0.25) is 21.8 Å². The molecule has 0 radical (unpaired) electrons. The summed E-state index contributed by atoms with van der Waals surface area (Å²) in [4.78, 5) is 55.6. The van der Waals surface area contributed by atoms with E-state index in [1.807, 2.05) is 17.0 Å². The van der Waals surface area contributed by atoms with Gasteiger partial charge in [0.15, 0.2) is 0 Å². The minimum absolute atomic E-state index is 0.0843. The molecule has 2 aliphatic rings. The van der Waals surface area contributed by atoms with Crippen LogP contribution in [0.15, 0.2) is 47.4 Å². The van der Waals surface area contributed by atoms with Crippen LogP contribution in [-0.2, 0) is 29.1 Å². The number of amides is 3. The Morgan fingerprint density at radius 3 is 2.46 bits per heavy atom. The SMILES string of the molecule is CN(C(=O)C[C@H](NS(=O)(=O)c1ccc2ccccc2c1)C(=O)N(CC(=O)O)C1CC1)[C@H]1CCCN(CNC(=O)OC(C)(C)C=N)C1. The molecular weight excluding hydrogens is 616 g/mol. The number of nitrogens with one attached hydrogen (secondary N) is 3. The van der Waals surface area contributed by atoms with Crippen molar-refractivity contribution in [3.63, 3.8) is 0 Å². The van der Waals surface area contributed by atoms with Crippen LogP contribution in [-0.4, -0.2) is 115 Å². The molecule has 1 saturated heterocycles. The molecule has 0 spiro atoms. The summed E-state index contributed by atoms with van der Waals surface area (Å²) in [6.45, 7) is 3.79. The van der Waals surface area contributed by atoms with E-state index in [0.29, 0.717) is 37.7 Å². The molecule has 1 aliphatic carbocycles. The molecule has 14 nitrogen and oxygen atoms in total. The zero-order valence-electron chi connectivity index (χ0n) is 26.3. The molecule has 2 atom stereocenters. The number of benzene rings is 2. The normalized spacial score (nSPS) is 17.9. The number of nitrogens with zero attached hydrogens (tertiary/aromatic N) is 3. The zero-order chi connectivity index (χ0) is 33.6. The topological polar surface area (TPSA) is 190 Å². The average molecular weight is 659 g/mol. The lowest BCUT2D eigenvalue weighted by molar-refractivity contribution is -0.146. The molecule has 46 heavy (non-hydrogen) atoms. The van der Waals surface area contributed by atoms with Crippen LogP contribution in [0.3, 0.4) is 0 Å². The van der Waals surface area contributed by atoms with Crippen molar-refractivity contribution >= 4 is 50.9 Å². The number of sulfonamides is 1. The second-order valence-corrected chi connectivity index (χ2v) is 14.0. The molecule has 3 amide bonds. The first-order chi connectivity index (χ1) is 21.7. The van der Waals surface area contributed by atoms with Gasteiger partial charge in [-0.05, 0) is 69.0 Å². The Balaban J connectivity index is 1.48. The fourth-order valence-corrected chi connectivity index (χ4v) is 6.61. The van der Waals surface area contributed by atoms with E-state index in [2.05, 4.69) is 10.0 Å². The Kier molecular flexibility index (Phi) is 11.0. The molecule has 4 N–H and O–H groups in total. The molecule has 1 heterocycles. The monoisotopic (exact) mass is 658 g/mol. The largest absolute Gasteiger partial charge is 0.480 e. The van der Waals surface area contributed by atoms with Crippen molar-refractivity contribution in [2.45, 2.75) is 74.6 Å². The molecular formula is C31H42N6O8S. The first-order valence-electron chi connectivity index (χ1n) is 15.2. The van der Waals surface area contributed by atoms with E-state index >= 15 is 0 Å². The van der Waals surface area contributed by atoms with Gasteiger partial charge in [-0.1, -0.05) is 30.3 Å². The van der Waals surface area contributed by atoms with Crippen molar-refractivity contribution < 1.29 is 37.4 Å².